The van der Waals surface area contributed by atoms with E-state index < -0.39 is 49.1 Å². The summed E-state index contributed by atoms with van der Waals surface area (Å²) in [5.41, 5.74) is -3.49. The lowest BCUT2D eigenvalue weighted by Gasteiger charge is -2.22. The highest BCUT2D eigenvalue weighted by atomic mass is 32.2. The molecule has 1 fully saturated rings. The molecular weight excluding hydrogens is 505 g/mol. The minimum atomic E-state index is -4.18. The van der Waals surface area contributed by atoms with Crippen molar-refractivity contribution in [1.82, 2.24) is 0 Å². The number of phosphoric acid groups is 1. The SMILES string of the molecule is B[C@@H]1O[C@H](COP(=O)(OCCSC(=O)C(C)(C)C)OCCSC(=O)C(C)(C)C)[C@@H](O)[C@]1(F)C#C. The van der Waals surface area contributed by atoms with E-state index in [1.807, 2.05) is 5.92 Å². The number of hydrogen-bond acceptors (Lipinski definition) is 10. The smallest absolute Gasteiger partial charge is 0.386 e. The predicted molar refractivity (Wildman–Crippen MR) is 135 cm³/mol. The molecule has 1 N–H and O–H groups in total. The molecule has 1 saturated heterocycles. The van der Waals surface area contributed by atoms with Crippen molar-refractivity contribution in [2.75, 3.05) is 31.3 Å². The van der Waals surface area contributed by atoms with E-state index in [1.165, 1.54) is 7.85 Å². The van der Waals surface area contributed by atoms with Crippen LogP contribution in [0.2, 0.25) is 0 Å². The van der Waals surface area contributed by atoms with Crippen LogP contribution in [0.15, 0.2) is 0 Å². The molecule has 1 aliphatic rings. The molecule has 34 heavy (non-hydrogen) atoms. The molecule has 0 aromatic carbocycles. The molecule has 0 amide bonds. The summed E-state index contributed by atoms with van der Waals surface area (Å²) in [6.07, 6.45) is 2.31. The molecule has 1 heterocycles. The first kappa shape index (κ1) is 31.7. The number of ether oxygens (including phenoxy) is 1. The summed E-state index contributed by atoms with van der Waals surface area (Å²) >= 11 is 2.05. The van der Waals surface area contributed by atoms with E-state index in [2.05, 4.69) is 0 Å². The maximum absolute atomic E-state index is 14.7. The van der Waals surface area contributed by atoms with E-state index in [0.717, 1.165) is 23.5 Å². The average molecular weight is 540 g/mol. The first-order valence-corrected chi connectivity index (χ1v) is 14.3. The standard InChI is InChI=1S/C21H35BFO8PS2/c1-8-21(23)15(24)14(31-16(21)22)13-30-32(27,28-9-11-33-17(25)19(2,3)4)29-10-12-34-18(26)20(5,6)7/h1,14-16,24H,9-13,22H2,2-7H3/t14-,15-,16-,21-/m1/s1. The van der Waals surface area contributed by atoms with Crippen LogP contribution in [0.1, 0.15) is 41.5 Å². The summed E-state index contributed by atoms with van der Waals surface area (Å²) in [6.45, 7) is 9.95. The van der Waals surface area contributed by atoms with Gasteiger partial charge in [0.2, 0.25) is 5.67 Å². The van der Waals surface area contributed by atoms with Gasteiger partial charge in [0.15, 0.2) is 10.2 Å². The van der Waals surface area contributed by atoms with Crippen molar-refractivity contribution < 1.29 is 42.0 Å². The van der Waals surface area contributed by atoms with E-state index in [9.17, 15) is 23.7 Å². The van der Waals surface area contributed by atoms with Gasteiger partial charge in [0.05, 0.1) is 25.8 Å². The van der Waals surface area contributed by atoms with Crippen molar-refractivity contribution in [2.45, 2.75) is 65.4 Å². The number of aliphatic hydroxyl groups excluding tert-OH is 1. The molecule has 0 bridgehead atoms. The minimum Gasteiger partial charge on any atom is -0.386 e. The van der Waals surface area contributed by atoms with Crippen LogP contribution < -0.4 is 0 Å². The van der Waals surface area contributed by atoms with Crippen LogP contribution in [-0.2, 0) is 32.5 Å². The molecule has 0 aromatic rings. The Bertz CT molecular complexity index is 772. The third-order valence-electron chi connectivity index (χ3n) is 4.73. The largest absolute Gasteiger partial charge is 0.474 e. The molecule has 13 heteroatoms. The fraction of sp³-hybridized carbons (Fsp3) is 0.810. The van der Waals surface area contributed by atoms with Gasteiger partial charge in [-0.2, -0.15) is 0 Å². The number of hydrogen-bond donors (Lipinski definition) is 1. The zero-order valence-electron chi connectivity index (χ0n) is 20.8. The van der Waals surface area contributed by atoms with E-state index in [-0.39, 0.29) is 35.0 Å². The fourth-order valence-corrected chi connectivity index (χ4v) is 5.56. The van der Waals surface area contributed by atoms with Crippen LogP contribution >= 0.6 is 31.3 Å². The number of aliphatic hydroxyl groups is 1. The van der Waals surface area contributed by atoms with Gasteiger partial charge in [-0.1, -0.05) is 71.0 Å². The molecule has 0 radical (unpaired) electrons. The zero-order valence-corrected chi connectivity index (χ0v) is 23.3. The summed E-state index contributed by atoms with van der Waals surface area (Å²) in [5, 5.41) is 10.1. The second kappa shape index (κ2) is 12.7. The van der Waals surface area contributed by atoms with Crippen molar-refractivity contribution in [3.8, 4) is 12.3 Å². The molecule has 0 spiro atoms. The topological polar surface area (TPSA) is 108 Å². The summed E-state index contributed by atoms with van der Waals surface area (Å²) < 4.78 is 49.2. The lowest BCUT2D eigenvalue weighted by atomic mass is 9.82. The lowest BCUT2D eigenvalue weighted by Crippen LogP contribution is -2.43. The summed E-state index contributed by atoms with van der Waals surface area (Å²) in [4.78, 5) is 24.1. The Morgan fingerprint density at radius 2 is 1.53 bits per heavy atom. The van der Waals surface area contributed by atoms with E-state index in [4.69, 9.17) is 24.7 Å². The van der Waals surface area contributed by atoms with Crippen molar-refractivity contribution in [2.24, 2.45) is 10.8 Å². The summed E-state index contributed by atoms with van der Waals surface area (Å²) in [6, 6.07) is -1.10. The van der Waals surface area contributed by atoms with Gasteiger partial charge >= 0.3 is 7.82 Å². The molecule has 0 aromatic heterocycles. The van der Waals surface area contributed by atoms with E-state index in [0.29, 0.717) is 0 Å². The molecule has 4 atom stereocenters. The van der Waals surface area contributed by atoms with Crippen molar-refractivity contribution in [3.05, 3.63) is 0 Å². The number of terminal acetylenes is 1. The summed E-state index contributed by atoms with van der Waals surface area (Å²) in [5.74, 6) is 2.30. The Morgan fingerprint density at radius 1 is 1.09 bits per heavy atom. The van der Waals surface area contributed by atoms with Gasteiger partial charge in [-0.25, -0.2) is 8.96 Å². The molecule has 0 saturated carbocycles. The Kier molecular flexibility index (Phi) is 11.9. The maximum atomic E-state index is 14.7. The maximum Gasteiger partial charge on any atom is 0.474 e. The van der Waals surface area contributed by atoms with Gasteiger partial charge in [-0.3, -0.25) is 23.2 Å². The average Bonchev–Trinajstić information content (AvgIpc) is 2.95. The van der Waals surface area contributed by atoms with Gasteiger partial charge in [-0.15, -0.1) is 6.42 Å². The third kappa shape index (κ3) is 9.25. The van der Waals surface area contributed by atoms with Crippen LogP contribution in [0.5, 0.6) is 0 Å². The monoisotopic (exact) mass is 540 g/mol. The Balaban J connectivity index is 2.73. The highest BCUT2D eigenvalue weighted by Crippen LogP contribution is 2.50. The highest BCUT2D eigenvalue weighted by molar-refractivity contribution is 8.14. The molecule has 8 nitrogen and oxygen atoms in total. The third-order valence-corrected chi connectivity index (χ3v) is 8.68. The summed E-state index contributed by atoms with van der Waals surface area (Å²) in [7, 11) is -2.81. The predicted octanol–water partition coefficient (Wildman–Crippen LogP) is 2.82. The molecule has 194 valence electrons. The zero-order chi connectivity index (χ0) is 26.4. The lowest BCUT2D eigenvalue weighted by molar-refractivity contribution is -0.118. The molecule has 1 aliphatic heterocycles. The van der Waals surface area contributed by atoms with E-state index >= 15 is 0 Å². The quantitative estimate of drug-likeness (QED) is 0.182. The number of alkyl halides is 1. The number of carbonyl (C=O) groups is 2. The number of carbonyl (C=O) groups excluding carboxylic acids is 2. The first-order valence-electron chi connectivity index (χ1n) is 10.8. The van der Waals surface area contributed by atoms with Gasteiger partial charge in [-0.05, 0) is 0 Å². The van der Waals surface area contributed by atoms with Crippen LogP contribution in [0, 0.1) is 23.2 Å². The fourth-order valence-electron chi connectivity index (χ4n) is 2.56. The van der Waals surface area contributed by atoms with E-state index in [1.54, 1.807) is 41.5 Å². The van der Waals surface area contributed by atoms with Gasteiger partial charge in [0.1, 0.15) is 20.1 Å². The number of halogens is 1. The Labute approximate surface area is 211 Å². The number of phosphoric ester groups is 1. The Morgan fingerprint density at radius 3 is 1.88 bits per heavy atom. The van der Waals surface area contributed by atoms with Gasteiger partial charge in [0.25, 0.3) is 0 Å². The Hall–Kier alpha value is -0.375. The van der Waals surface area contributed by atoms with Crippen LogP contribution in [-0.4, -0.2) is 78.4 Å². The van der Waals surface area contributed by atoms with Gasteiger partial charge in [0, 0.05) is 22.3 Å². The van der Waals surface area contributed by atoms with Crippen molar-refractivity contribution in [1.29, 1.82) is 0 Å². The van der Waals surface area contributed by atoms with Crippen LogP contribution in [0.3, 0.4) is 0 Å². The number of thioether (sulfide) groups is 2. The second-order valence-corrected chi connectivity index (χ2v) is 13.7. The van der Waals surface area contributed by atoms with Crippen LogP contribution in [0.25, 0.3) is 0 Å². The minimum absolute atomic E-state index is 0.0603. The molecule has 1 rings (SSSR count). The van der Waals surface area contributed by atoms with Crippen molar-refractivity contribution >= 4 is 49.4 Å². The van der Waals surface area contributed by atoms with Crippen molar-refractivity contribution in [3.63, 3.8) is 0 Å². The molecule has 0 unspecified atom stereocenters. The van der Waals surface area contributed by atoms with Crippen LogP contribution in [0.4, 0.5) is 4.39 Å². The molecule has 0 aliphatic carbocycles. The number of rotatable bonds is 11. The molecular formula is C21H35BFO8PS2. The normalized spacial score (nSPS) is 25.8. The first-order chi connectivity index (χ1) is 15.5. The highest BCUT2D eigenvalue weighted by Gasteiger charge is 2.54. The second-order valence-electron chi connectivity index (χ2n) is 9.86. The van der Waals surface area contributed by atoms with Gasteiger partial charge < -0.3 is 9.84 Å².